The van der Waals surface area contributed by atoms with E-state index in [2.05, 4.69) is 16.7 Å². The molecule has 2 rings (SSSR count). The molecule has 2 amide bonds. The molecule has 0 aromatic heterocycles. The van der Waals surface area contributed by atoms with E-state index in [1.807, 2.05) is 6.08 Å². The molecule has 0 aromatic rings. The van der Waals surface area contributed by atoms with Crippen LogP contribution in [0.3, 0.4) is 0 Å². The maximum atomic E-state index is 11.6. The molecule has 1 saturated carbocycles. The average Bonchev–Trinajstić information content (AvgIpc) is 2.76. The lowest BCUT2D eigenvalue weighted by atomic mass is 10.0. The lowest BCUT2D eigenvalue weighted by Gasteiger charge is -2.24. The molecule has 1 unspecified atom stereocenters. The predicted octanol–water partition coefficient (Wildman–Crippen LogP) is 1.70. The molecule has 1 atom stereocenters. The summed E-state index contributed by atoms with van der Waals surface area (Å²) in [5.41, 5.74) is -0.667. The SMILES string of the molecule is O=C(NCC1(O)CCCC1)NC1C=CCCC1. The number of carbonyl (C=O) groups excluding carboxylic acids is 1. The third-order valence-electron chi connectivity index (χ3n) is 3.68. The standard InChI is InChI=1S/C13H22N2O2/c16-12(15-11-6-2-1-3-7-11)14-10-13(17)8-4-5-9-13/h2,6,11,17H,1,3-5,7-10H2,(H2,14,15,16). The van der Waals surface area contributed by atoms with Crippen molar-refractivity contribution in [2.45, 2.75) is 56.6 Å². The molecule has 96 valence electrons. The van der Waals surface area contributed by atoms with Gasteiger partial charge in [0.15, 0.2) is 0 Å². The van der Waals surface area contributed by atoms with E-state index >= 15 is 0 Å². The fourth-order valence-corrected chi connectivity index (χ4v) is 2.61. The van der Waals surface area contributed by atoms with Gasteiger partial charge in [-0.3, -0.25) is 0 Å². The zero-order valence-electron chi connectivity index (χ0n) is 10.2. The second kappa shape index (κ2) is 5.54. The van der Waals surface area contributed by atoms with Crippen molar-refractivity contribution in [3.05, 3.63) is 12.2 Å². The molecule has 0 aliphatic heterocycles. The fourth-order valence-electron chi connectivity index (χ4n) is 2.61. The molecule has 4 nitrogen and oxygen atoms in total. The lowest BCUT2D eigenvalue weighted by molar-refractivity contribution is 0.0500. The van der Waals surface area contributed by atoms with Gasteiger partial charge in [-0.2, -0.15) is 0 Å². The van der Waals surface area contributed by atoms with Gasteiger partial charge in [-0.05, 0) is 32.1 Å². The van der Waals surface area contributed by atoms with Crippen LogP contribution in [0.5, 0.6) is 0 Å². The third-order valence-corrected chi connectivity index (χ3v) is 3.68. The van der Waals surface area contributed by atoms with Gasteiger partial charge < -0.3 is 15.7 Å². The van der Waals surface area contributed by atoms with Gasteiger partial charge in [-0.15, -0.1) is 0 Å². The number of urea groups is 1. The summed E-state index contributed by atoms with van der Waals surface area (Å²) in [4.78, 5) is 11.6. The van der Waals surface area contributed by atoms with Gasteiger partial charge in [0.05, 0.1) is 5.60 Å². The van der Waals surface area contributed by atoms with Crippen molar-refractivity contribution >= 4 is 6.03 Å². The van der Waals surface area contributed by atoms with E-state index in [1.54, 1.807) is 0 Å². The third kappa shape index (κ3) is 3.73. The minimum atomic E-state index is -0.667. The van der Waals surface area contributed by atoms with Crippen LogP contribution in [0.2, 0.25) is 0 Å². The summed E-state index contributed by atoms with van der Waals surface area (Å²) in [6.45, 7) is 0.370. The molecule has 2 aliphatic carbocycles. The number of hydrogen-bond acceptors (Lipinski definition) is 2. The number of carbonyl (C=O) groups is 1. The minimum absolute atomic E-state index is 0.155. The maximum absolute atomic E-state index is 11.6. The van der Waals surface area contributed by atoms with Crippen LogP contribution in [0, 0.1) is 0 Å². The van der Waals surface area contributed by atoms with Gasteiger partial charge in [0, 0.05) is 12.6 Å². The van der Waals surface area contributed by atoms with Crippen LogP contribution in [0.1, 0.15) is 44.9 Å². The average molecular weight is 238 g/mol. The highest BCUT2D eigenvalue weighted by atomic mass is 16.3. The van der Waals surface area contributed by atoms with Crippen LogP contribution in [0.15, 0.2) is 12.2 Å². The number of rotatable bonds is 3. The van der Waals surface area contributed by atoms with E-state index in [1.165, 1.54) is 0 Å². The molecule has 0 saturated heterocycles. The highest BCUT2D eigenvalue weighted by molar-refractivity contribution is 5.74. The molecular formula is C13H22N2O2. The molecule has 0 spiro atoms. The van der Waals surface area contributed by atoms with Crippen LogP contribution < -0.4 is 10.6 Å². The van der Waals surface area contributed by atoms with Crippen molar-refractivity contribution in [3.8, 4) is 0 Å². The molecular weight excluding hydrogens is 216 g/mol. The summed E-state index contributed by atoms with van der Waals surface area (Å²) >= 11 is 0. The molecule has 4 heteroatoms. The van der Waals surface area contributed by atoms with E-state index in [4.69, 9.17) is 0 Å². The molecule has 17 heavy (non-hydrogen) atoms. The van der Waals surface area contributed by atoms with Gasteiger partial charge in [0.25, 0.3) is 0 Å². The van der Waals surface area contributed by atoms with Crippen LogP contribution in [0.25, 0.3) is 0 Å². The summed E-state index contributed by atoms with van der Waals surface area (Å²) in [6.07, 6.45) is 11.1. The summed E-state index contributed by atoms with van der Waals surface area (Å²) in [7, 11) is 0. The van der Waals surface area contributed by atoms with Crippen LogP contribution in [0.4, 0.5) is 4.79 Å². The van der Waals surface area contributed by atoms with Gasteiger partial charge in [-0.25, -0.2) is 4.79 Å². The van der Waals surface area contributed by atoms with Crippen molar-refractivity contribution in [1.29, 1.82) is 0 Å². The number of hydrogen-bond donors (Lipinski definition) is 3. The first-order chi connectivity index (χ1) is 8.18. The second-order valence-electron chi connectivity index (χ2n) is 5.22. The number of allylic oxidation sites excluding steroid dienone is 1. The van der Waals surface area contributed by atoms with Gasteiger partial charge in [-0.1, -0.05) is 25.0 Å². The van der Waals surface area contributed by atoms with Gasteiger partial charge in [0.2, 0.25) is 0 Å². The maximum Gasteiger partial charge on any atom is 0.315 e. The summed E-state index contributed by atoms with van der Waals surface area (Å²) in [6, 6.07) is -0.0103. The van der Waals surface area contributed by atoms with Crippen LogP contribution in [-0.4, -0.2) is 29.3 Å². The number of nitrogens with one attached hydrogen (secondary N) is 2. The summed E-state index contributed by atoms with van der Waals surface area (Å²) in [5.74, 6) is 0. The topological polar surface area (TPSA) is 61.4 Å². The smallest absolute Gasteiger partial charge is 0.315 e. The Balaban J connectivity index is 1.70. The Morgan fingerprint density at radius 1 is 1.35 bits per heavy atom. The summed E-state index contributed by atoms with van der Waals surface area (Å²) < 4.78 is 0. The van der Waals surface area contributed by atoms with E-state index in [9.17, 15) is 9.90 Å². The van der Waals surface area contributed by atoms with E-state index < -0.39 is 5.60 Å². The van der Waals surface area contributed by atoms with E-state index in [0.29, 0.717) is 6.54 Å². The normalized spacial score (nSPS) is 26.8. The Bertz CT molecular complexity index is 296. The van der Waals surface area contributed by atoms with Crippen molar-refractivity contribution in [2.75, 3.05) is 6.54 Å². The van der Waals surface area contributed by atoms with E-state index in [-0.39, 0.29) is 12.1 Å². The predicted molar refractivity (Wildman–Crippen MR) is 66.7 cm³/mol. The molecule has 3 N–H and O–H groups in total. The molecule has 0 aromatic carbocycles. The minimum Gasteiger partial charge on any atom is -0.388 e. The quantitative estimate of drug-likeness (QED) is 0.655. The van der Waals surface area contributed by atoms with Crippen molar-refractivity contribution in [1.82, 2.24) is 10.6 Å². The number of amides is 2. The molecule has 0 bridgehead atoms. The van der Waals surface area contributed by atoms with Crippen molar-refractivity contribution in [2.24, 2.45) is 0 Å². The largest absolute Gasteiger partial charge is 0.388 e. The second-order valence-corrected chi connectivity index (χ2v) is 5.22. The highest BCUT2D eigenvalue weighted by Crippen LogP contribution is 2.28. The van der Waals surface area contributed by atoms with Crippen molar-refractivity contribution in [3.63, 3.8) is 0 Å². The first kappa shape index (κ1) is 12.4. The molecule has 0 radical (unpaired) electrons. The van der Waals surface area contributed by atoms with Gasteiger partial charge in [0.1, 0.15) is 0 Å². The first-order valence-corrected chi connectivity index (χ1v) is 6.61. The molecule has 2 aliphatic rings. The van der Waals surface area contributed by atoms with E-state index in [0.717, 1.165) is 44.9 Å². The Morgan fingerprint density at radius 3 is 2.76 bits per heavy atom. The fraction of sp³-hybridized carbons (Fsp3) is 0.769. The van der Waals surface area contributed by atoms with Gasteiger partial charge >= 0.3 is 6.03 Å². The Morgan fingerprint density at radius 2 is 2.12 bits per heavy atom. The van der Waals surface area contributed by atoms with Crippen LogP contribution >= 0.6 is 0 Å². The first-order valence-electron chi connectivity index (χ1n) is 6.61. The number of aliphatic hydroxyl groups is 1. The molecule has 0 heterocycles. The zero-order chi connectivity index (χ0) is 12.1. The van der Waals surface area contributed by atoms with Crippen molar-refractivity contribution < 1.29 is 9.90 Å². The zero-order valence-corrected chi connectivity index (χ0v) is 10.2. The molecule has 1 fully saturated rings. The van der Waals surface area contributed by atoms with Crippen LogP contribution in [-0.2, 0) is 0 Å². The lowest BCUT2D eigenvalue weighted by Crippen LogP contribution is -2.47. The Hall–Kier alpha value is -1.03. The monoisotopic (exact) mass is 238 g/mol. The Labute approximate surface area is 102 Å². The highest BCUT2D eigenvalue weighted by Gasteiger charge is 2.31. The Kier molecular flexibility index (Phi) is 4.05. The summed E-state index contributed by atoms with van der Waals surface area (Å²) in [5, 5.41) is 15.8.